The van der Waals surface area contributed by atoms with Crippen LogP contribution in [0.3, 0.4) is 0 Å². The van der Waals surface area contributed by atoms with Gasteiger partial charge in [0.2, 0.25) is 0 Å². The fraction of sp³-hybridized carbons (Fsp3) is 0.250. The minimum Gasteiger partial charge on any atom is -0.317 e. The van der Waals surface area contributed by atoms with Crippen molar-refractivity contribution in [2.24, 2.45) is 0 Å². The van der Waals surface area contributed by atoms with E-state index in [0.717, 1.165) is 22.6 Å². The predicted molar refractivity (Wildman–Crippen MR) is 99.3 cm³/mol. The number of halogens is 2. The number of carbonyl (C=O) groups is 1. The Hall–Kier alpha value is -2.33. The Kier molecular flexibility index (Phi) is 4.45. The highest BCUT2D eigenvalue weighted by Gasteiger charge is 2.31. The van der Waals surface area contributed by atoms with Crippen LogP contribution in [0.4, 0.5) is 14.9 Å². The molecular weight excluding hydrogens is 423 g/mol. The number of pyridine rings is 1. The van der Waals surface area contributed by atoms with E-state index >= 15 is 0 Å². The zero-order chi connectivity index (χ0) is 18.3. The number of hydrogen-bond donors (Lipinski definition) is 2. The molecule has 0 unspecified atom stereocenters. The van der Waals surface area contributed by atoms with Gasteiger partial charge < -0.3 is 10.2 Å². The monoisotopic (exact) mass is 436 g/mol. The number of hydrogen-bond acceptors (Lipinski definition) is 5. The van der Waals surface area contributed by atoms with Crippen molar-refractivity contribution < 1.29 is 9.18 Å². The van der Waals surface area contributed by atoms with Gasteiger partial charge in [-0.2, -0.15) is 5.10 Å². The standard InChI is InChI=1S/C16H14BrFN6OS/c1-8-4-11-9(14(23-22-11)12-6-26-7-20-12)5-24(8)16(25)21-10-2-3-19-15(17)13(10)18/h2-3,6-8H,4-5H2,1H3,(H,22,23)(H,19,21,25)/t8-/m0/s1. The first-order valence-corrected chi connectivity index (χ1v) is 9.60. The fourth-order valence-electron chi connectivity index (χ4n) is 2.99. The summed E-state index contributed by atoms with van der Waals surface area (Å²) in [7, 11) is 0. The molecule has 0 saturated heterocycles. The number of amides is 2. The maximum absolute atomic E-state index is 14.1. The lowest BCUT2D eigenvalue weighted by Gasteiger charge is -2.33. The smallest absolute Gasteiger partial charge is 0.317 e. The van der Waals surface area contributed by atoms with Gasteiger partial charge in [-0.3, -0.25) is 5.10 Å². The third-order valence-electron chi connectivity index (χ3n) is 4.34. The lowest BCUT2D eigenvalue weighted by molar-refractivity contribution is 0.182. The molecule has 26 heavy (non-hydrogen) atoms. The van der Waals surface area contributed by atoms with Crippen molar-refractivity contribution in [1.82, 2.24) is 25.1 Å². The summed E-state index contributed by atoms with van der Waals surface area (Å²) in [6, 6.07) is 1.00. The summed E-state index contributed by atoms with van der Waals surface area (Å²) in [6.45, 7) is 2.32. The third-order valence-corrected chi connectivity index (χ3v) is 5.48. The highest BCUT2D eigenvalue weighted by atomic mass is 79.9. The van der Waals surface area contributed by atoms with Crippen LogP contribution < -0.4 is 5.32 Å². The molecule has 0 radical (unpaired) electrons. The Morgan fingerprint density at radius 2 is 2.35 bits per heavy atom. The molecule has 0 saturated carbocycles. The van der Waals surface area contributed by atoms with Crippen molar-refractivity contribution in [3.05, 3.63) is 44.8 Å². The van der Waals surface area contributed by atoms with Gasteiger partial charge in [0.05, 0.1) is 17.7 Å². The number of thiazole rings is 1. The summed E-state index contributed by atoms with van der Waals surface area (Å²) in [5.74, 6) is -0.599. The number of carbonyl (C=O) groups excluding carboxylic acids is 1. The third kappa shape index (κ3) is 2.99. The SMILES string of the molecule is C[C@H]1Cc2[nH]nc(-c3cscn3)c2CN1C(=O)Nc1ccnc(Br)c1F. The highest BCUT2D eigenvalue weighted by Crippen LogP contribution is 2.31. The Morgan fingerprint density at radius 3 is 3.12 bits per heavy atom. The van der Waals surface area contributed by atoms with E-state index in [2.05, 4.69) is 41.4 Å². The lowest BCUT2D eigenvalue weighted by atomic mass is 9.99. The van der Waals surface area contributed by atoms with Gasteiger partial charge >= 0.3 is 6.03 Å². The maximum atomic E-state index is 14.1. The summed E-state index contributed by atoms with van der Waals surface area (Å²) in [6.07, 6.45) is 2.07. The van der Waals surface area contributed by atoms with Crippen LogP contribution in [-0.2, 0) is 13.0 Å². The zero-order valence-electron chi connectivity index (χ0n) is 13.7. The van der Waals surface area contributed by atoms with Crippen LogP contribution in [0.2, 0.25) is 0 Å². The molecule has 0 fully saturated rings. The van der Waals surface area contributed by atoms with E-state index in [1.165, 1.54) is 23.6 Å². The van der Waals surface area contributed by atoms with Gasteiger partial charge in [-0.25, -0.2) is 19.2 Å². The number of urea groups is 1. The number of anilines is 1. The van der Waals surface area contributed by atoms with Gasteiger partial charge in [0.25, 0.3) is 0 Å². The van der Waals surface area contributed by atoms with E-state index in [0.29, 0.717) is 13.0 Å². The molecule has 0 bridgehead atoms. The van der Waals surface area contributed by atoms with Crippen LogP contribution in [-0.4, -0.2) is 37.1 Å². The molecular formula is C16H14BrFN6OS. The van der Waals surface area contributed by atoms with Crippen molar-refractivity contribution in [3.8, 4) is 11.4 Å². The van der Waals surface area contributed by atoms with Crippen molar-refractivity contribution in [3.63, 3.8) is 0 Å². The quantitative estimate of drug-likeness (QED) is 0.597. The van der Waals surface area contributed by atoms with E-state index in [9.17, 15) is 9.18 Å². The second-order valence-corrected chi connectivity index (χ2v) is 7.45. The summed E-state index contributed by atoms with van der Waals surface area (Å²) in [4.78, 5) is 22.5. The number of aromatic amines is 1. The van der Waals surface area contributed by atoms with Gasteiger partial charge in [0.1, 0.15) is 16.0 Å². The Bertz CT molecular complexity index is 960. The van der Waals surface area contributed by atoms with Gasteiger partial charge in [-0.05, 0) is 28.9 Å². The molecule has 3 aromatic rings. The lowest BCUT2D eigenvalue weighted by Crippen LogP contribution is -2.44. The minimum atomic E-state index is -0.599. The molecule has 1 atom stereocenters. The van der Waals surface area contributed by atoms with Crippen LogP contribution in [0.15, 0.2) is 27.8 Å². The number of aromatic nitrogens is 4. The van der Waals surface area contributed by atoms with Crippen molar-refractivity contribution in [2.75, 3.05) is 5.32 Å². The predicted octanol–water partition coefficient (Wildman–Crippen LogP) is 3.81. The summed E-state index contributed by atoms with van der Waals surface area (Å²) < 4.78 is 14.2. The van der Waals surface area contributed by atoms with Gasteiger partial charge in [-0.1, -0.05) is 0 Å². The average Bonchev–Trinajstić information content (AvgIpc) is 3.27. The average molecular weight is 437 g/mol. The molecule has 1 aliphatic heterocycles. The number of fused-ring (bicyclic) bond motifs is 1. The number of nitrogens with zero attached hydrogens (tertiary/aromatic N) is 4. The number of H-pyrrole nitrogens is 1. The molecule has 3 aromatic heterocycles. The van der Waals surface area contributed by atoms with Crippen molar-refractivity contribution in [1.29, 1.82) is 0 Å². The molecule has 4 heterocycles. The maximum Gasteiger partial charge on any atom is 0.322 e. The van der Waals surface area contributed by atoms with Crippen molar-refractivity contribution >= 4 is 39.0 Å². The zero-order valence-corrected chi connectivity index (χ0v) is 16.1. The van der Waals surface area contributed by atoms with Gasteiger partial charge in [0, 0.05) is 35.3 Å². The van der Waals surface area contributed by atoms with E-state index in [1.807, 2.05) is 12.3 Å². The summed E-state index contributed by atoms with van der Waals surface area (Å²) in [5, 5.41) is 12.0. The van der Waals surface area contributed by atoms with Crippen LogP contribution in [0.5, 0.6) is 0 Å². The highest BCUT2D eigenvalue weighted by molar-refractivity contribution is 9.10. The summed E-state index contributed by atoms with van der Waals surface area (Å²) in [5.41, 5.74) is 5.32. The van der Waals surface area contributed by atoms with Crippen molar-refractivity contribution in [2.45, 2.75) is 25.9 Å². The fourth-order valence-corrected chi connectivity index (χ4v) is 3.86. The van der Waals surface area contributed by atoms with E-state index < -0.39 is 5.82 Å². The molecule has 0 aromatic carbocycles. The molecule has 2 N–H and O–H groups in total. The van der Waals surface area contributed by atoms with Crippen LogP contribution in [0.1, 0.15) is 18.2 Å². The minimum absolute atomic E-state index is 0.0560. The molecule has 4 rings (SSSR count). The number of nitrogens with one attached hydrogen (secondary N) is 2. The largest absolute Gasteiger partial charge is 0.322 e. The summed E-state index contributed by atoms with van der Waals surface area (Å²) >= 11 is 4.51. The molecule has 10 heteroatoms. The second-order valence-electron chi connectivity index (χ2n) is 5.98. The van der Waals surface area contributed by atoms with E-state index in [1.54, 1.807) is 10.4 Å². The Labute approximate surface area is 160 Å². The topological polar surface area (TPSA) is 86.8 Å². The molecule has 0 spiro atoms. The first-order valence-electron chi connectivity index (χ1n) is 7.87. The van der Waals surface area contributed by atoms with E-state index in [-0.39, 0.29) is 22.4 Å². The van der Waals surface area contributed by atoms with Crippen LogP contribution in [0.25, 0.3) is 11.4 Å². The molecule has 0 aliphatic carbocycles. The van der Waals surface area contributed by atoms with E-state index in [4.69, 9.17) is 0 Å². The first-order chi connectivity index (χ1) is 12.5. The Balaban J connectivity index is 1.59. The van der Waals surface area contributed by atoms with Gasteiger partial charge in [-0.15, -0.1) is 11.3 Å². The Morgan fingerprint density at radius 1 is 1.50 bits per heavy atom. The normalized spacial score (nSPS) is 16.4. The van der Waals surface area contributed by atoms with Crippen LogP contribution in [0, 0.1) is 5.82 Å². The number of rotatable bonds is 2. The molecule has 2 amide bonds. The first kappa shape index (κ1) is 17.1. The van der Waals surface area contributed by atoms with Crippen LogP contribution >= 0.6 is 27.3 Å². The van der Waals surface area contributed by atoms with Gasteiger partial charge in [0.15, 0.2) is 5.82 Å². The molecule has 1 aliphatic rings. The molecule has 7 nitrogen and oxygen atoms in total. The molecule has 134 valence electrons. The second kappa shape index (κ2) is 6.76.